The SMILES string of the molecule is CCCC(C#N)CC(C)=NOC(C)=O. The van der Waals surface area contributed by atoms with Crippen LogP contribution in [0.3, 0.4) is 0 Å². The molecule has 0 aliphatic rings. The molecule has 0 saturated heterocycles. The topological polar surface area (TPSA) is 62.4 Å². The average Bonchev–Trinajstić information content (AvgIpc) is 2.14. The smallest absolute Gasteiger partial charge is 0.319 e. The van der Waals surface area contributed by atoms with Gasteiger partial charge in [-0.2, -0.15) is 5.26 Å². The molecule has 0 saturated carbocycles. The minimum Gasteiger partial charge on any atom is -0.319 e. The number of carbonyl (C=O) groups is 1. The van der Waals surface area contributed by atoms with Crippen molar-refractivity contribution in [2.24, 2.45) is 11.1 Å². The Labute approximate surface area is 84.5 Å². The maximum Gasteiger partial charge on any atom is 0.331 e. The zero-order valence-electron chi connectivity index (χ0n) is 8.91. The van der Waals surface area contributed by atoms with Gasteiger partial charge in [0.05, 0.1) is 17.7 Å². The molecule has 0 aromatic carbocycles. The van der Waals surface area contributed by atoms with E-state index in [0.717, 1.165) is 12.8 Å². The van der Waals surface area contributed by atoms with E-state index in [2.05, 4.69) is 16.1 Å². The van der Waals surface area contributed by atoms with E-state index in [0.29, 0.717) is 12.1 Å². The Hall–Kier alpha value is -1.37. The lowest BCUT2D eigenvalue weighted by molar-refractivity contribution is -0.140. The van der Waals surface area contributed by atoms with Crippen LogP contribution in [0, 0.1) is 17.2 Å². The number of nitriles is 1. The Morgan fingerprint density at radius 3 is 2.64 bits per heavy atom. The predicted molar refractivity (Wildman–Crippen MR) is 53.5 cm³/mol. The van der Waals surface area contributed by atoms with Crippen molar-refractivity contribution in [3.05, 3.63) is 0 Å². The fourth-order valence-corrected chi connectivity index (χ4v) is 1.10. The summed E-state index contributed by atoms with van der Waals surface area (Å²) in [5, 5.41) is 12.4. The number of hydrogen-bond donors (Lipinski definition) is 0. The lowest BCUT2D eigenvalue weighted by Gasteiger charge is -2.05. The molecule has 0 spiro atoms. The van der Waals surface area contributed by atoms with E-state index in [1.165, 1.54) is 6.92 Å². The summed E-state index contributed by atoms with van der Waals surface area (Å²) in [6.45, 7) is 5.08. The third-order valence-electron chi connectivity index (χ3n) is 1.69. The standard InChI is InChI=1S/C10H16N2O2/c1-4-5-10(7-11)6-8(2)12-14-9(3)13/h10H,4-6H2,1-3H3. The summed E-state index contributed by atoms with van der Waals surface area (Å²) in [4.78, 5) is 14.9. The van der Waals surface area contributed by atoms with Gasteiger partial charge >= 0.3 is 5.97 Å². The Balaban J connectivity index is 4.02. The summed E-state index contributed by atoms with van der Waals surface area (Å²) in [5.41, 5.74) is 0.681. The molecule has 0 radical (unpaired) electrons. The summed E-state index contributed by atoms with van der Waals surface area (Å²) in [5.74, 6) is -0.465. The lowest BCUT2D eigenvalue weighted by atomic mass is 9.99. The van der Waals surface area contributed by atoms with E-state index in [1.807, 2.05) is 6.92 Å². The Kier molecular flexibility index (Phi) is 6.38. The van der Waals surface area contributed by atoms with Gasteiger partial charge in [0.2, 0.25) is 0 Å². The van der Waals surface area contributed by atoms with E-state index in [1.54, 1.807) is 6.92 Å². The van der Waals surface area contributed by atoms with E-state index >= 15 is 0 Å². The fraction of sp³-hybridized carbons (Fsp3) is 0.700. The van der Waals surface area contributed by atoms with Crippen molar-refractivity contribution in [1.29, 1.82) is 5.26 Å². The normalized spacial score (nSPS) is 13.1. The molecule has 4 heteroatoms. The van der Waals surface area contributed by atoms with Crippen molar-refractivity contribution in [3.8, 4) is 6.07 Å². The molecule has 0 aliphatic carbocycles. The van der Waals surface area contributed by atoms with Crippen molar-refractivity contribution in [1.82, 2.24) is 0 Å². The van der Waals surface area contributed by atoms with Crippen LogP contribution < -0.4 is 0 Å². The molecule has 0 fully saturated rings. The van der Waals surface area contributed by atoms with Gasteiger partial charge in [-0.3, -0.25) is 0 Å². The number of rotatable bonds is 5. The molecule has 0 rings (SSSR count). The van der Waals surface area contributed by atoms with Gasteiger partial charge in [0.25, 0.3) is 0 Å². The van der Waals surface area contributed by atoms with Gasteiger partial charge in [0.15, 0.2) is 0 Å². The van der Waals surface area contributed by atoms with Crippen molar-refractivity contribution < 1.29 is 9.63 Å². The highest BCUT2D eigenvalue weighted by molar-refractivity contribution is 5.82. The van der Waals surface area contributed by atoms with Crippen LogP contribution in [0.15, 0.2) is 5.16 Å². The van der Waals surface area contributed by atoms with E-state index in [9.17, 15) is 4.79 Å². The number of nitrogens with zero attached hydrogens (tertiary/aromatic N) is 2. The second-order valence-corrected chi connectivity index (χ2v) is 3.23. The highest BCUT2D eigenvalue weighted by atomic mass is 16.7. The molecule has 0 bridgehead atoms. The van der Waals surface area contributed by atoms with Crippen LogP contribution in [0.1, 0.15) is 40.0 Å². The number of carbonyl (C=O) groups excluding carboxylic acids is 1. The highest BCUT2D eigenvalue weighted by Gasteiger charge is 2.08. The van der Waals surface area contributed by atoms with Gasteiger partial charge in [-0.1, -0.05) is 18.5 Å². The van der Waals surface area contributed by atoms with Crippen LogP contribution in [-0.4, -0.2) is 11.7 Å². The second-order valence-electron chi connectivity index (χ2n) is 3.23. The second kappa shape index (κ2) is 7.07. The molecule has 0 amide bonds. The van der Waals surface area contributed by atoms with Gasteiger partial charge in [-0.15, -0.1) is 0 Å². The van der Waals surface area contributed by atoms with Gasteiger partial charge in [-0.05, 0) is 13.3 Å². The summed E-state index contributed by atoms with van der Waals surface area (Å²) in [6.07, 6.45) is 2.39. The van der Waals surface area contributed by atoms with E-state index < -0.39 is 5.97 Å². The summed E-state index contributed by atoms with van der Waals surface area (Å²) in [7, 11) is 0. The fourth-order valence-electron chi connectivity index (χ4n) is 1.10. The van der Waals surface area contributed by atoms with Crippen LogP contribution >= 0.6 is 0 Å². The van der Waals surface area contributed by atoms with Gasteiger partial charge in [0.1, 0.15) is 0 Å². The van der Waals surface area contributed by atoms with Crippen molar-refractivity contribution in [3.63, 3.8) is 0 Å². The van der Waals surface area contributed by atoms with Crippen molar-refractivity contribution in [2.45, 2.75) is 40.0 Å². The number of hydrogen-bond acceptors (Lipinski definition) is 4. The zero-order valence-corrected chi connectivity index (χ0v) is 8.91. The van der Waals surface area contributed by atoms with Crippen LogP contribution in [0.2, 0.25) is 0 Å². The quantitative estimate of drug-likeness (QED) is 0.385. The third kappa shape index (κ3) is 6.18. The van der Waals surface area contributed by atoms with Crippen LogP contribution in [0.5, 0.6) is 0 Å². The first-order valence-corrected chi connectivity index (χ1v) is 4.70. The molecule has 0 aromatic heterocycles. The predicted octanol–water partition coefficient (Wildman–Crippen LogP) is 2.26. The van der Waals surface area contributed by atoms with E-state index in [4.69, 9.17) is 5.26 Å². The summed E-state index contributed by atoms with van der Waals surface area (Å²) in [6, 6.07) is 2.20. The Morgan fingerprint density at radius 2 is 2.21 bits per heavy atom. The third-order valence-corrected chi connectivity index (χ3v) is 1.69. The highest BCUT2D eigenvalue weighted by Crippen LogP contribution is 2.10. The largest absolute Gasteiger partial charge is 0.331 e. The van der Waals surface area contributed by atoms with Crippen molar-refractivity contribution in [2.75, 3.05) is 0 Å². The average molecular weight is 196 g/mol. The molecule has 78 valence electrons. The molecule has 14 heavy (non-hydrogen) atoms. The Morgan fingerprint density at radius 1 is 1.57 bits per heavy atom. The first kappa shape index (κ1) is 12.6. The molecular weight excluding hydrogens is 180 g/mol. The van der Waals surface area contributed by atoms with E-state index in [-0.39, 0.29) is 5.92 Å². The zero-order chi connectivity index (χ0) is 11.0. The molecular formula is C10H16N2O2. The Bertz CT molecular complexity index is 253. The van der Waals surface area contributed by atoms with Gasteiger partial charge < -0.3 is 4.84 Å². The minimum atomic E-state index is -0.437. The van der Waals surface area contributed by atoms with Crippen LogP contribution in [0.25, 0.3) is 0 Å². The summed E-state index contributed by atoms with van der Waals surface area (Å²) < 4.78 is 0. The maximum atomic E-state index is 10.4. The van der Waals surface area contributed by atoms with Gasteiger partial charge in [0, 0.05) is 13.3 Å². The van der Waals surface area contributed by atoms with Gasteiger partial charge in [-0.25, -0.2) is 4.79 Å². The minimum absolute atomic E-state index is 0.0284. The lowest BCUT2D eigenvalue weighted by Crippen LogP contribution is -2.05. The monoisotopic (exact) mass is 196 g/mol. The molecule has 4 nitrogen and oxygen atoms in total. The summed E-state index contributed by atoms with van der Waals surface area (Å²) >= 11 is 0. The van der Waals surface area contributed by atoms with Crippen LogP contribution in [-0.2, 0) is 9.63 Å². The van der Waals surface area contributed by atoms with Crippen molar-refractivity contribution >= 4 is 11.7 Å². The molecule has 0 N–H and O–H groups in total. The molecule has 1 unspecified atom stereocenters. The van der Waals surface area contributed by atoms with Crippen LogP contribution in [0.4, 0.5) is 0 Å². The molecule has 0 heterocycles. The first-order valence-electron chi connectivity index (χ1n) is 4.70. The molecule has 0 aromatic rings. The first-order chi connectivity index (χ1) is 6.60. The molecule has 0 aliphatic heterocycles. The maximum absolute atomic E-state index is 10.4. The molecule has 1 atom stereocenters. The number of oxime groups is 1.